The van der Waals surface area contributed by atoms with E-state index in [1.165, 1.54) is 12.0 Å². The molecule has 0 radical (unpaired) electrons. The van der Waals surface area contributed by atoms with Gasteiger partial charge in [-0.2, -0.15) is 0 Å². The lowest BCUT2D eigenvalue weighted by molar-refractivity contribution is -0.144. The van der Waals surface area contributed by atoms with Gasteiger partial charge in [-0.15, -0.1) is 0 Å². The molecule has 0 aliphatic carbocycles. The number of carbonyl (C=O) groups excluding carboxylic acids is 3. The molecule has 0 aromatic heterocycles. The third-order valence-corrected chi connectivity index (χ3v) is 5.01. The van der Waals surface area contributed by atoms with E-state index < -0.39 is 35.4 Å². The Bertz CT molecular complexity index is 759. The Morgan fingerprint density at radius 1 is 1.21 bits per heavy atom. The van der Waals surface area contributed by atoms with Crippen molar-refractivity contribution in [3.63, 3.8) is 0 Å². The van der Waals surface area contributed by atoms with Gasteiger partial charge in [-0.3, -0.25) is 14.4 Å². The highest BCUT2D eigenvalue weighted by atomic mass is 16.5. The van der Waals surface area contributed by atoms with Crippen LogP contribution in [0.4, 0.5) is 0 Å². The van der Waals surface area contributed by atoms with Gasteiger partial charge in [0.1, 0.15) is 12.1 Å². The van der Waals surface area contributed by atoms with Crippen molar-refractivity contribution in [1.82, 2.24) is 10.2 Å². The van der Waals surface area contributed by atoms with Gasteiger partial charge in [-0.05, 0) is 37.3 Å². The first kappa shape index (κ1) is 22.5. The molecule has 1 fully saturated rings. The highest BCUT2D eigenvalue weighted by Gasteiger charge is 2.41. The first-order valence-electron chi connectivity index (χ1n) is 9.76. The molecule has 1 aromatic rings. The van der Waals surface area contributed by atoms with Crippen molar-refractivity contribution >= 4 is 17.7 Å². The minimum Gasteiger partial charge on any atom is -0.493 e. The lowest BCUT2D eigenvalue weighted by Gasteiger charge is -2.35. The largest absolute Gasteiger partial charge is 0.493 e. The number of benzene rings is 1. The Kier molecular flexibility index (Phi) is 7.11. The molecule has 8 heteroatoms. The number of rotatable bonds is 7. The van der Waals surface area contributed by atoms with Crippen LogP contribution in [-0.4, -0.2) is 54.5 Å². The number of nitrogens with one attached hydrogen (secondary N) is 1. The second-order valence-corrected chi connectivity index (χ2v) is 8.31. The monoisotopic (exact) mass is 405 g/mol. The van der Waals surface area contributed by atoms with E-state index in [2.05, 4.69) is 5.32 Å². The zero-order chi connectivity index (χ0) is 21.8. The summed E-state index contributed by atoms with van der Waals surface area (Å²) >= 11 is 0. The minimum atomic E-state index is -0.852. The topological polar surface area (TPSA) is 111 Å². The molecule has 3 atom stereocenters. The zero-order valence-corrected chi connectivity index (χ0v) is 17.7. The van der Waals surface area contributed by atoms with Crippen LogP contribution in [0.3, 0.4) is 0 Å². The number of para-hydroxylation sites is 2. The van der Waals surface area contributed by atoms with Gasteiger partial charge in [0, 0.05) is 6.54 Å². The van der Waals surface area contributed by atoms with Gasteiger partial charge in [0.05, 0.1) is 7.11 Å². The van der Waals surface area contributed by atoms with Gasteiger partial charge in [0.25, 0.3) is 5.91 Å². The van der Waals surface area contributed by atoms with Gasteiger partial charge in [-0.1, -0.05) is 32.9 Å². The second-order valence-electron chi connectivity index (χ2n) is 8.31. The Labute approximate surface area is 171 Å². The van der Waals surface area contributed by atoms with E-state index in [-0.39, 0.29) is 5.91 Å². The van der Waals surface area contributed by atoms with Gasteiger partial charge in [0.2, 0.25) is 11.8 Å². The van der Waals surface area contributed by atoms with Crippen molar-refractivity contribution in [2.24, 2.45) is 11.1 Å². The molecule has 2 rings (SSSR count). The standard InChI is InChI=1S/C21H31N3O5/c1-13(29-16-11-7-6-10-15(16)28-5)19(26)23-17(21(2,3)4)20(27)24-12-8-9-14(24)18(22)25/h6-7,10-11,13-14,17H,8-9,12H2,1-5H3,(H2,22,25)(H,23,26)/t13-,14-,17+/m0/s1. The predicted octanol–water partition coefficient (Wildman–Crippen LogP) is 1.47. The van der Waals surface area contributed by atoms with Gasteiger partial charge in [-0.25, -0.2) is 0 Å². The van der Waals surface area contributed by atoms with Crippen LogP contribution >= 0.6 is 0 Å². The fraction of sp³-hybridized carbons (Fsp3) is 0.571. The number of nitrogens with zero attached hydrogens (tertiary/aromatic N) is 1. The lowest BCUT2D eigenvalue weighted by atomic mass is 9.85. The average molecular weight is 405 g/mol. The number of amides is 3. The molecule has 8 nitrogen and oxygen atoms in total. The molecule has 160 valence electrons. The van der Waals surface area contributed by atoms with Crippen LogP contribution in [0.15, 0.2) is 24.3 Å². The van der Waals surface area contributed by atoms with Crippen LogP contribution in [0.25, 0.3) is 0 Å². The highest BCUT2D eigenvalue weighted by Crippen LogP contribution is 2.28. The summed E-state index contributed by atoms with van der Waals surface area (Å²) in [5.41, 5.74) is 4.88. The summed E-state index contributed by atoms with van der Waals surface area (Å²) < 4.78 is 11.0. The van der Waals surface area contributed by atoms with Crippen LogP contribution in [0, 0.1) is 5.41 Å². The molecular formula is C21H31N3O5. The van der Waals surface area contributed by atoms with E-state index in [1.54, 1.807) is 31.2 Å². The van der Waals surface area contributed by atoms with Crippen LogP contribution in [0.1, 0.15) is 40.5 Å². The smallest absolute Gasteiger partial charge is 0.261 e. The molecule has 1 aliphatic heterocycles. The zero-order valence-electron chi connectivity index (χ0n) is 17.7. The summed E-state index contributed by atoms with van der Waals surface area (Å²) in [6.07, 6.45) is 0.394. The highest BCUT2D eigenvalue weighted by molar-refractivity contribution is 5.93. The molecule has 29 heavy (non-hydrogen) atoms. The van der Waals surface area contributed by atoms with Gasteiger partial charge >= 0.3 is 0 Å². The maximum atomic E-state index is 13.2. The number of methoxy groups -OCH3 is 1. The van der Waals surface area contributed by atoms with Gasteiger partial charge < -0.3 is 25.4 Å². The Balaban J connectivity index is 2.14. The number of ether oxygens (including phenoxy) is 2. The fourth-order valence-electron chi connectivity index (χ4n) is 3.36. The van der Waals surface area contributed by atoms with Crippen molar-refractivity contribution < 1.29 is 23.9 Å². The molecule has 0 bridgehead atoms. The molecular weight excluding hydrogens is 374 g/mol. The van der Waals surface area contributed by atoms with Crippen molar-refractivity contribution in [2.75, 3.05) is 13.7 Å². The van der Waals surface area contributed by atoms with E-state index in [0.717, 1.165) is 0 Å². The number of likely N-dealkylation sites (tertiary alicyclic amines) is 1. The summed E-state index contributed by atoms with van der Waals surface area (Å²) in [5, 5.41) is 2.80. The maximum absolute atomic E-state index is 13.2. The van der Waals surface area contributed by atoms with Crippen molar-refractivity contribution in [1.29, 1.82) is 0 Å². The van der Waals surface area contributed by atoms with Crippen LogP contribution < -0.4 is 20.5 Å². The first-order valence-corrected chi connectivity index (χ1v) is 9.76. The SMILES string of the molecule is COc1ccccc1O[C@@H](C)C(=O)N[C@H](C(=O)N1CCC[C@H]1C(N)=O)C(C)(C)C. The number of hydrogen-bond donors (Lipinski definition) is 2. The summed E-state index contributed by atoms with van der Waals surface area (Å²) in [4.78, 5) is 39.1. The molecule has 3 N–H and O–H groups in total. The summed E-state index contributed by atoms with van der Waals surface area (Å²) in [6, 6.07) is 5.57. The van der Waals surface area contributed by atoms with Crippen LogP contribution in [-0.2, 0) is 14.4 Å². The number of carbonyl (C=O) groups is 3. The van der Waals surface area contributed by atoms with Crippen molar-refractivity contribution in [3.8, 4) is 11.5 Å². The normalized spacial score (nSPS) is 18.7. The summed E-state index contributed by atoms with van der Waals surface area (Å²) in [7, 11) is 1.52. The quantitative estimate of drug-likeness (QED) is 0.714. The Morgan fingerprint density at radius 2 is 1.83 bits per heavy atom. The molecule has 1 saturated heterocycles. The summed E-state index contributed by atoms with van der Waals surface area (Å²) in [5.74, 6) is -0.320. The fourth-order valence-corrected chi connectivity index (χ4v) is 3.36. The van der Waals surface area contributed by atoms with E-state index in [1.807, 2.05) is 20.8 Å². The van der Waals surface area contributed by atoms with Crippen LogP contribution in [0.5, 0.6) is 11.5 Å². The number of primary amides is 1. The average Bonchev–Trinajstić information content (AvgIpc) is 3.15. The maximum Gasteiger partial charge on any atom is 0.261 e. The molecule has 1 aromatic carbocycles. The van der Waals surface area contributed by atoms with E-state index >= 15 is 0 Å². The molecule has 0 unspecified atom stereocenters. The molecule has 1 heterocycles. The minimum absolute atomic E-state index is 0.309. The number of hydrogen-bond acceptors (Lipinski definition) is 5. The molecule has 1 aliphatic rings. The predicted molar refractivity (Wildman–Crippen MR) is 108 cm³/mol. The molecule has 0 saturated carbocycles. The third kappa shape index (κ3) is 5.40. The van der Waals surface area contributed by atoms with Crippen LogP contribution in [0.2, 0.25) is 0 Å². The Hall–Kier alpha value is -2.77. The first-order chi connectivity index (χ1) is 13.6. The second kappa shape index (κ2) is 9.15. The van der Waals surface area contributed by atoms with E-state index in [0.29, 0.717) is 30.9 Å². The third-order valence-electron chi connectivity index (χ3n) is 5.01. The van der Waals surface area contributed by atoms with Gasteiger partial charge in [0.15, 0.2) is 17.6 Å². The van der Waals surface area contributed by atoms with Crippen molar-refractivity contribution in [2.45, 2.75) is 58.7 Å². The lowest BCUT2D eigenvalue weighted by Crippen LogP contribution is -2.58. The molecule has 3 amide bonds. The number of nitrogens with two attached hydrogens (primary N) is 1. The summed E-state index contributed by atoms with van der Waals surface area (Å²) in [6.45, 7) is 7.63. The van der Waals surface area contributed by atoms with Crippen molar-refractivity contribution in [3.05, 3.63) is 24.3 Å². The van der Waals surface area contributed by atoms with E-state index in [4.69, 9.17) is 15.2 Å². The molecule has 0 spiro atoms. The Morgan fingerprint density at radius 3 is 2.38 bits per heavy atom. The van der Waals surface area contributed by atoms with E-state index in [9.17, 15) is 14.4 Å².